The quantitative estimate of drug-likeness (QED) is 0.545. The summed E-state index contributed by atoms with van der Waals surface area (Å²) in [7, 11) is 0. The second-order valence-electron chi connectivity index (χ2n) is 7.24. The van der Waals surface area contributed by atoms with Crippen LogP contribution < -0.4 is 10.9 Å². The van der Waals surface area contributed by atoms with Crippen LogP contribution >= 0.6 is 0 Å². The van der Waals surface area contributed by atoms with Gasteiger partial charge in [0, 0.05) is 24.2 Å². The van der Waals surface area contributed by atoms with Gasteiger partial charge in [0.2, 0.25) is 0 Å². The zero-order valence-corrected chi connectivity index (χ0v) is 17.1. The summed E-state index contributed by atoms with van der Waals surface area (Å²) < 4.78 is 1.72. The molecule has 3 aromatic carbocycles. The number of para-hydroxylation sites is 2. The van der Waals surface area contributed by atoms with Crippen molar-refractivity contribution in [3.05, 3.63) is 99.8 Å². The summed E-state index contributed by atoms with van der Waals surface area (Å²) >= 11 is 0. The molecule has 0 aliphatic rings. The highest BCUT2D eigenvalue weighted by atomic mass is 16.1. The van der Waals surface area contributed by atoms with E-state index in [2.05, 4.69) is 10.3 Å². The van der Waals surface area contributed by atoms with Gasteiger partial charge in [-0.3, -0.25) is 9.59 Å². The fourth-order valence-electron chi connectivity index (χ4n) is 3.46. The summed E-state index contributed by atoms with van der Waals surface area (Å²) in [4.78, 5) is 30.0. The standard InChI is InChI=1S/C25H23N3O2/c1-3-28-22-7-5-4-6-21(22)27-23(25(28)30)19-12-14-20(15-13-19)24(29)26-16-18-10-8-17(2)9-11-18/h4-15H,3,16H2,1-2H3,(H,26,29). The Labute approximate surface area is 175 Å². The van der Waals surface area contributed by atoms with Crippen molar-refractivity contribution in [3.8, 4) is 11.3 Å². The molecule has 0 spiro atoms. The van der Waals surface area contributed by atoms with E-state index < -0.39 is 0 Å². The van der Waals surface area contributed by atoms with Crippen molar-refractivity contribution in [2.24, 2.45) is 0 Å². The van der Waals surface area contributed by atoms with Crippen LogP contribution in [0.3, 0.4) is 0 Å². The summed E-state index contributed by atoms with van der Waals surface area (Å²) in [5.74, 6) is -0.153. The zero-order valence-electron chi connectivity index (χ0n) is 17.1. The molecule has 1 aromatic heterocycles. The Hall–Kier alpha value is -3.73. The molecule has 1 amide bonds. The molecule has 4 rings (SSSR count). The number of fused-ring (bicyclic) bond motifs is 1. The van der Waals surface area contributed by atoms with Gasteiger partial charge in [-0.15, -0.1) is 0 Å². The molecule has 5 heteroatoms. The Morgan fingerprint density at radius 3 is 2.37 bits per heavy atom. The van der Waals surface area contributed by atoms with E-state index in [4.69, 9.17) is 0 Å². The number of aromatic nitrogens is 2. The minimum Gasteiger partial charge on any atom is -0.348 e. The predicted molar refractivity (Wildman–Crippen MR) is 119 cm³/mol. The summed E-state index contributed by atoms with van der Waals surface area (Å²) in [6.45, 7) is 5.01. The van der Waals surface area contributed by atoms with E-state index >= 15 is 0 Å². The van der Waals surface area contributed by atoms with E-state index in [9.17, 15) is 9.59 Å². The first-order valence-corrected chi connectivity index (χ1v) is 10.0. The van der Waals surface area contributed by atoms with Gasteiger partial charge in [0.15, 0.2) is 0 Å². The van der Waals surface area contributed by atoms with E-state index in [0.717, 1.165) is 16.6 Å². The van der Waals surface area contributed by atoms with E-state index in [-0.39, 0.29) is 11.5 Å². The van der Waals surface area contributed by atoms with Gasteiger partial charge in [-0.1, -0.05) is 54.1 Å². The molecule has 0 saturated heterocycles. The maximum Gasteiger partial charge on any atom is 0.277 e. The van der Waals surface area contributed by atoms with Gasteiger partial charge in [0.05, 0.1) is 11.0 Å². The van der Waals surface area contributed by atoms with Crippen LogP contribution in [-0.2, 0) is 13.1 Å². The third-order valence-corrected chi connectivity index (χ3v) is 5.16. The normalized spacial score (nSPS) is 10.9. The molecule has 150 valence electrons. The fourth-order valence-corrected chi connectivity index (χ4v) is 3.46. The van der Waals surface area contributed by atoms with Crippen molar-refractivity contribution >= 4 is 16.9 Å². The SMILES string of the molecule is CCn1c(=O)c(-c2ccc(C(=O)NCc3ccc(C)cc3)cc2)nc2ccccc21. The number of carbonyl (C=O) groups is 1. The highest BCUT2D eigenvalue weighted by molar-refractivity contribution is 5.94. The number of benzene rings is 3. The molecule has 0 atom stereocenters. The van der Waals surface area contributed by atoms with Gasteiger partial charge in [0.25, 0.3) is 11.5 Å². The van der Waals surface area contributed by atoms with Crippen LogP contribution in [-0.4, -0.2) is 15.5 Å². The first-order valence-electron chi connectivity index (χ1n) is 10.0. The maximum absolute atomic E-state index is 12.9. The number of nitrogens with zero attached hydrogens (tertiary/aromatic N) is 2. The molecule has 0 aliphatic carbocycles. The van der Waals surface area contributed by atoms with E-state index in [1.807, 2.05) is 62.4 Å². The predicted octanol–water partition coefficient (Wildman–Crippen LogP) is 4.32. The van der Waals surface area contributed by atoms with Gasteiger partial charge >= 0.3 is 0 Å². The van der Waals surface area contributed by atoms with Crippen molar-refractivity contribution in [3.63, 3.8) is 0 Å². The average molecular weight is 397 g/mol. The Balaban J connectivity index is 1.57. The summed E-state index contributed by atoms with van der Waals surface area (Å²) in [6.07, 6.45) is 0. The molecule has 4 aromatic rings. The highest BCUT2D eigenvalue weighted by Gasteiger charge is 2.13. The minimum absolute atomic E-state index is 0.132. The lowest BCUT2D eigenvalue weighted by Gasteiger charge is -2.11. The van der Waals surface area contributed by atoms with Crippen LogP contribution in [0.15, 0.2) is 77.6 Å². The maximum atomic E-state index is 12.9. The lowest BCUT2D eigenvalue weighted by Crippen LogP contribution is -2.23. The Kier molecular flexibility index (Phi) is 5.44. The molecule has 1 heterocycles. The topological polar surface area (TPSA) is 64.0 Å². The fraction of sp³-hybridized carbons (Fsp3) is 0.160. The van der Waals surface area contributed by atoms with Crippen LogP contribution in [0.1, 0.15) is 28.4 Å². The number of hydrogen-bond donors (Lipinski definition) is 1. The van der Waals surface area contributed by atoms with Crippen molar-refractivity contribution in [2.75, 3.05) is 0 Å². The van der Waals surface area contributed by atoms with E-state index in [0.29, 0.717) is 29.9 Å². The van der Waals surface area contributed by atoms with Crippen LogP contribution in [0.4, 0.5) is 0 Å². The monoisotopic (exact) mass is 397 g/mol. The summed E-state index contributed by atoms with van der Waals surface area (Å²) in [5.41, 5.74) is 5.33. The molecule has 30 heavy (non-hydrogen) atoms. The van der Waals surface area contributed by atoms with Gasteiger partial charge in [-0.2, -0.15) is 0 Å². The molecule has 0 aliphatic heterocycles. The number of aryl methyl sites for hydroxylation is 2. The van der Waals surface area contributed by atoms with Crippen LogP contribution in [0.2, 0.25) is 0 Å². The van der Waals surface area contributed by atoms with Gasteiger partial charge in [-0.05, 0) is 43.7 Å². The molecule has 0 radical (unpaired) electrons. The number of amides is 1. The number of rotatable bonds is 5. The van der Waals surface area contributed by atoms with Gasteiger partial charge < -0.3 is 9.88 Å². The Morgan fingerprint density at radius 2 is 1.67 bits per heavy atom. The molecule has 0 unspecified atom stereocenters. The van der Waals surface area contributed by atoms with Gasteiger partial charge in [-0.25, -0.2) is 4.98 Å². The Bertz CT molecular complexity index is 1260. The zero-order chi connectivity index (χ0) is 21.1. The third kappa shape index (κ3) is 3.87. The van der Waals surface area contributed by atoms with Crippen LogP contribution in [0.5, 0.6) is 0 Å². The lowest BCUT2D eigenvalue weighted by atomic mass is 10.1. The smallest absolute Gasteiger partial charge is 0.277 e. The molecule has 0 saturated carbocycles. The molecule has 1 N–H and O–H groups in total. The van der Waals surface area contributed by atoms with Crippen molar-refractivity contribution in [2.45, 2.75) is 26.9 Å². The third-order valence-electron chi connectivity index (χ3n) is 5.16. The molecular formula is C25H23N3O2. The molecule has 5 nitrogen and oxygen atoms in total. The number of carbonyl (C=O) groups excluding carboxylic acids is 1. The highest BCUT2D eigenvalue weighted by Crippen LogP contribution is 2.18. The number of hydrogen-bond acceptors (Lipinski definition) is 3. The van der Waals surface area contributed by atoms with Crippen LogP contribution in [0.25, 0.3) is 22.3 Å². The van der Waals surface area contributed by atoms with E-state index in [1.165, 1.54) is 5.56 Å². The number of nitrogens with one attached hydrogen (secondary N) is 1. The first-order chi connectivity index (χ1) is 14.6. The van der Waals surface area contributed by atoms with E-state index in [1.54, 1.807) is 28.8 Å². The van der Waals surface area contributed by atoms with Crippen molar-refractivity contribution < 1.29 is 4.79 Å². The second-order valence-corrected chi connectivity index (χ2v) is 7.24. The van der Waals surface area contributed by atoms with Gasteiger partial charge in [0.1, 0.15) is 5.69 Å². The molecule has 0 fully saturated rings. The first kappa shape index (κ1) is 19.6. The lowest BCUT2D eigenvalue weighted by molar-refractivity contribution is 0.0951. The average Bonchev–Trinajstić information content (AvgIpc) is 2.78. The van der Waals surface area contributed by atoms with Crippen molar-refractivity contribution in [1.29, 1.82) is 0 Å². The largest absolute Gasteiger partial charge is 0.348 e. The summed E-state index contributed by atoms with van der Waals surface area (Å²) in [5, 5.41) is 2.93. The second kappa shape index (κ2) is 8.33. The van der Waals surface area contributed by atoms with Crippen molar-refractivity contribution in [1.82, 2.24) is 14.9 Å². The molecule has 0 bridgehead atoms. The van der Waals surface area contributed by atoms with Crippen LogP contribution in [0, 0.1) is 6.92 Å². The molecular weight excluding hydrogens is 374 g/mol. The summed E-state index contributed by atoms with van der Waals surface area (Å²) in [6, 6.07) is 22.7. The Morgan fingerprint density at radius 1 is 0.967 bits per heavy atom. The minimum atomic E-state index is -0.153.